The standard InChI is InChI=1S/C11H6N4O4/c16-9-6-3-1-2-4-7(6)10(17)15(9)19-11(18)8-12-5-13-14-8/h1-5H,(H,12,13,14). The highest BCUT2D eigenvalue weighted by Crippen LogP contribution is 2.22. The minimum Gasteiger partial charge on any atom is -0.321 e. The van der Waals surface area contributed by atoms with E-state index in [1.807, 2.05) is 0 Å². The van der Waals surface area contributed by atoms with E-state index >= 15 is 0 Å². The van der Waals surface area contributed by atoms with E-state index in [0.29, 0.717) is 5.06 Å². The minimum atomic E-state index is -0.966. The Morgan fingerprint density at radius 1 is 1.16 bits per heavy atom. The lowest BCUT2D eigenvalue weighted by molar-refractivity contribution is -0.0592. The van der Waals surface area contributed by atoms with Gasteiger partial charge in [0.25, 0.3) is 11.8 Å². The number of carbonyl (C=O) groups excluding carboxylic acids is 3. The van der Waals surface area contributed by atoms with Gasteiger partial charge in [0.15, 0.2) is 0 Å². The molecule has 3 rings (SSSR count). The third-order valence-corrected chi connectivity index (χ3v) is 2.54. The van der Waals surface area contributed by atoms with Gasteiger partial charge in [-0.2, -0.15) is 5.10 Å². The van der Waals surface area contributed by atoms with Crippen molar-refractivity contribution in [2.24, 2.45) is 0 Å². The highest BCUT2D eigenvalue weighted by Gasteiger charge is 2.39. The lowest BCUT2D eigenvalue weighted by Gasteiger charge is -2.10. The monoisotopic (exact) mass is 258 g/mol. The molecule has 1 N–H and O–H groups in total. The Balaban J connectivity index is 1.87. The maximum absolute atomic E-state index is 11.9. The molecule has 1 aliphatic heterocycles. The van der Waals surface area contributed by atoms with E-state index < -0.39 is 17.8 Å². The Hall–Kier alpha value is -3.03. The predicted octanol–water partition coefficient (Wildman–Crippen LogP) is 0.173. The van der Waals surface area contributed by atoms with Crippen molar-refractivity contribution in [3.8, 4) is 0 Å². The second-order valence-electron chi connectivity index (χ2n) is 3.66. The topological polar surface area (TPSA) is 105 Å². The third-order valence-electron chi connectivity index (χ3n) is 2.54. The number of benzene rings is 1. The molecule has 0 radical (unpaired) electrons. The molecule has 8 heteroatoms. The lowest BCUT2D eigenvalue weighted by atomic mass is 10.1. The van der Waals surface area contributed by atoms with Crippen molar-refractivity contribution >= 4 is 17.8 Å². The molecule has 0 fully saturated rings. The Morgan fingerprint density at radius 3 is 2.32 bits per heavy atom. The van der Waals surface area contributed by atoms with E-state index in [1.165, 1.54) is 12.1 Å². The molecule has 0 saturated carbocycles. The fourth-order valence-corrected chi connectivity index (χ4v) is 1.68. The highest BCUT2D eigenvalue weighted by atomic mass is 16.7. The van der Waals surface area contributed by atoms with Crippen molar-refractivity contribution in [1.29, 1.82) is 0 Å². The number of nitrogens with one attached hydrogen (secondary N) is 1. The van der Waals surface area contributed by atoms with Crippen LogP contribution in [0, 0.1) is 0 Å². The molecule has 0 unspecified atom stereocenters. The molecular formula is C11H6N4O4. The van der Waals surface area contributed by atoms with Crippen LogP contribution in [-0.2, 0) is 4.84 Å². The van der Waals surface area contributed by atoms with Crippen LogP contribution in [0.4, 0.5) is 0 Å². The summed E-state index contributed by atoms with van der Waals surface area (Å²) in [5.41, 5.74) is 0.385. The van der Waals surface area contributed by atoms with Crippen molar-refractivity contribution in [1.82, 2.24) is 20.2 Å². The molecule has 1 aliphatic rings. The molecule has 8 nitrogen and oxygen atoms in total. The second-order valence-corrected chi connectivity index (χ2v) is 3.66. The van der Waals surface area contributed by atoms with Crippen LogP contribution in [0.2, 0.25) is 0 Å². The van der Waals surface area contributed by atoms with Crippen LogP contribution in [0.25, 0.3) is 0 Å². The van der Waals surface area contributed by atoms with Gasteiger partial charge in [-0.3, -0.25) is 14.7 Å². The number of aromatic nitrogens is 3. The molecule has 1 aromatic heterocycles. The molecular weight excluding hydrogens is 252 g/mol. The van der Waals surface area contributed by atoms with Gasteiger partial charge in [-0.1, -0.05) is 17.2 Å². The summed E-state index contributed by atoms with van der Waals surface area (Å²) >= 11 is 0. The van der Waals surface area contributed by atoms with E-state index in [4.69, 9.17) is 4.84 Å². The van der Waals surface area contributed by atoms with Gasteiger partial charge in [-0.05, 0) is 12.1 Å². The number of aromatic amines is 1. The van der Waals surface area contributed by atoms with Crippen molar-refractivity contribution in [2.75, 3.05) is 0 Å². The van der Waals surface area contributed by atoms with Crippen molar-refractivity contribution in [3.63, 3.8) is 0 Å². The number of hydroxylamine groups is 2. The fourth-order valence-electron chi connectivity index (χ4n) is 1.68. The fraction of sp³-hybridized carbons (Fsp3) is 0. The zero-order valence-corrected chi connectivity index (χ0v) is 9.36. The number of fused-ring (bicyclic) bond motifs is 1. The van der Waals surface area contributed by atoms with Crippen LogP contribution in [0.3, 0.4) is 0 Å². The normalized spacial score (nSPS) is 13.6. The molecule has 2 heterocycles. The van der Waals surface area contributed by atoms with E-state index in [2.05, 4.69) is 15.2 Å². The Bertz CT molecular complexity index is 645. The Labute approximate surface area is 106 Å². The lowest BCUT2D eigenvalue weighted by Crippen LogP contribution is -2.33. The van der Waals surface area contributed by atoms with Crippen molar-refractivity contribution in [3.05, 3.63) is 47.5 Å². The van der Waals surface area contributed by atoms with Crippen LogP contribution in [-0.4, -0.2) is 38.0 Å². The van der Waals surface area contributed by atoms with E-state index in [-0.39, 0.29) is 17.0 Å². The quantitative estimate of drug-likeness (QED) is 0.770. The Kier molecular flexibility index (Phi) is 2.34. The predicted molar refractivity (Wildman–Crippen MR) is 58.7 cm³/mol. The summed E-state index contributed by atoms with van der Waals surface area (Å²) in [6, 6.07) is 6.20. The molecule has 0 atom stereocenters. The van der Waals surface area contributed by atoms with Crippen LogP contribution in [0.1, 0.15) is 31.3 Å². The van der Waals surface area contributed by atoms with Crippen LogP contribution < -0.4 is 0 Å². The number of hydrogen-bond acceptors (Lipinski definition) is 6. The number of H-pyrrole nitrogens is 1. The summed E-state index contributed by atoms with van der Waals surface area (Å²) in [5, 5.41) is 6.16. The second kappa shape index (κ2) is 4.02. The molecule has 0 saturated heterocycles. The number of imide groups is 1. The summed E-state index contributed by atoms with van der Waals surface area (Å²) in [6.07, 6.45) is 1.11. The number of nitrogens with zero attached hydrogens (tertiary/aromatic N) is 3. The summed E-state index contributed by atoms with van der Waals surface area (Å²) < 4.78 is 0. The molecule has 2 amide bonds. The summed E-state index contributed by atoms with van der Waals surface area (Å²) in [6.45, 7) is 0. The maximum atomic E-state index is 11.9. The molecule has 0 aliphatic carbocycles. The SMILES string of the molecule is O=C(ON1C(=O)c2ccccc2C1=O)c1ncn[nH]1. The van der Waals surface area contributed by atoms with Gasteiger partial charge in [0, 0.05) is 0 Å². The third kappa shape index (κ3) is 1.66. The molecule has 0 spiro atoms. The first-order valence-electron chi connectivity index (χ1n) is 5.24. The zero-order valence-electron chi connectivity index (χ0n) is 9.36. The molecule has 0 bridgehead atoms. The molecule has 19 heavy (non-hydrogen) atoms. The van der Waals surface area contributed by atoms with Gasteiger partial charge < -0.3 is 4.84 Å². The minimum absolute atomic E-state index is 0.192. The summed E-state index contributed by atoms with van der Waals surface area (Å²) in [7, 11) is 0. The van der Waals surface area contributed by atoms with E-state index in [9.17, 15) is 14.4 Å². The van der Waals surface area contributed by atoms with Crippen LogP contribution in [0.15, 0.2) is 30.6 Å². The molecule has 2 aromatic rings. The van der Waals surface area contributed by atoms with Gasteiger partial charge in [0.1, 0.15) is 6.33 Å². The van der Waals surface area contributed by atoms with Gasteiger partial charge in [-0.15, -0.1) is 0 Å². The van der Waals surface area contributed by atoms with E-state index in [1.54, 1.807) is 12.1 Å². The van der Waals surface area contributed by atoms with Crippen LogP contribution in [0.5, 0.6) is 0 Å². The van der Waals surface area contributed by atoms with Crippen molar-refractivity contribution < 1.29 is 19.2 Å². The number of rotatable bonds is 2. The number of carbonyl (C=O) groups is 3. The number of hydrogen-bond donors (Lipinski definition) is 1. The molecule has 1 aromatic carbocycles. The van der Waals surface area contributed by atoms with Crippen LogP contribution >= 0.6 is 0 Å². The van der Waals surface area contributed by atoms with Gasteiger partial charge in [0.2, 0.25) is 5.82 Å². The first kappa shape index (κ1) is 11.1. The summed E-state index contributed by atoms with van der Waals surface area (Å²) in [5.74, 6) is -2.54. The Morgan fingerprint density at radius 2 is 1.79 bits per heavy atom. The largest absolute Gasteiger partial charge is 0.400 e. The highest BCUT2D eigenvalue weighted by molar-refractivity contribution is 6.21. The van der Waals surface area contributed by atoms with Gasteiger partial charge in [0.05, 0.1) is 11.1 Å². The first-order valence-corrected chi connectivity index (χ1v) is 5.24. The number of amides is 2. The first-order chi connectivity index (χ1) is 9.18. The maximum Gasteiger partial charge on any atom is 0.400 e. The van der Waals surface area contributed by atoms with E-state index in [0.717, 1.165) is 6.33 Å². The van der Waals surface area contributed by atoms with Gasteiger partial charge >= 0.3 is 5.97 Å². The summed E-state index contributed by atoms with van der Waals surface area (Å²) in [4.78, 5) is 43.7. The smallest absolute Gasteiger partial charge is 0.321 e. The zero-order chi connectivity index (χ0) is 13.4. The average Bonchev–Trinajstić information content (AvgIpc) is 3.03. The van der Waals surface area contributed by atoms with Crippen molar-refractivity contribution in [2.45, 2.75) is 0 Å². The average molecular weight is 258 g/mol. The van der Waals surface area contributed by atoms with Gasteiger partial charge in [-0.25, -0.2) is 9.78 Å². The molecule has 94 valence electrons.